The Morgan fingerprint density at radius 2 is 2.21 bits per heavy atom. The summed E-state index contributed by atoms with van der Waals surface area (Å²) in [5.41, 5.74) is 1.93. The Morgan fingerprint density at radius 3 is 2.89 bits per heavy atom. The molecule has 0 spiro atoms. The SMILES string of the molecule is Cn1nccc1C(O)C1(C#N)CCc2ccccc21. The fourth-order valence-electron chi connectivity index (χ4n) is 3.01. The van der Waals surface area contributed by atoms with E-state index in [4.69, 9.17) is 0 Å². The van der Waals surface area contributed by atoms with Crippen LogP contribution in [0.4, 0.5) is 0 Å². The van der Waals surface area contributed by atoms with Crippen LogP contribution in [0, 0.1) is 11.3 Å². The van der Waals surface area contributed by atoms with Gasteiger partial charge in [0.05, 0.1) is 11.8 Å². The molecule has 1 aromatic carbocycles. The van der Waals surface area contributed by atoms with E-state index in [9.17, 15) is 10.4 Å². The summed E-state index contributed by atoms with van der Waals surface area (Å²) in [6.45, 7) is 0. The molecule has 96 valence electrons. The highest BCUT2D eigenvalue weighted by Gasteiger charge is 2.46. The monoisotopic (exact) mass is 253 g/mol. The van der Waals surface area contributed by atoms with Gasteiger partial charge in [0.1, 0.15) is 11.5 Å². The first-order valence-corrected chi connectivity index (χ1v) is 6.34. The number of aliphatic hydroxyl groups is 1. The molecule has 19 heavy (non-hydrogen) atoms. The summed E-state index contributed by atoms with van der Waals surface area (Å²) in [4.78, 5) is 0. The summed E-state index contributed by atoms with van der Waals surface area (Å²) >= 11 is 0. The number of nitriles is 1. The summed E-state index contributed by atoms with van der Waals surface area (Å²) in [6, 6.07) is 12.0. The Morgan fingerprint density at radius 1 is 1.42 bits per heavy atom. The third-order valence-electron chi connectivity index (χ3n) is 4.09. The van der Waals surface area contributed by atoms with Crippen LogP contribution in [0.5, 0.6) is 0 Å². The van der Waals surface area contributed by atoms with Crippen molar-refractivity contribution < 1.29 is 5.11 Å². The van der Waals surface area contributed by atoms with E-state index in [1.54, 1.807) is 24.0 Å². The molecule has 0 aliphatic heterocycles. The molecule has 4 nitrogen and oxygen atoms in total. The molecular formula is C15H15N3O. The van der Waals surface area contributed by atoms with Crippen LogP contribution < -0.4 is 0 Å². The van der Waals surface area contributed by atoms with Gasteiger partial charge in [-0.25, -0.2) is 0 Å². The van der Waals surface area contributed by atoms with Crippen molar-refractivity contribution in [2.24, 2.45) is 7.05 Å². The fraction of sp³-hybridized carbons (Fsp3) is 0.333. The molecule has 1 aromatic heterocycles. The molecule has 2 atom stereocenters. The van der Waals surface area contributed by atoms with Crippen LogP contribution in [0.2, 0.25) is 0 Å². The summed E-state index contributed by atoms with van der Waals surface area (Å²) < 4.78 is 1.63. The van der Waals surface area contributed by atoms with Crippen LogP contribution in [-0.2, 0) is 18.9 Å². The van der Waals surface area contributed by atoms with E-state index >= 15 is 0 Å². The minimum atomic E-state index is -0.857. The largest absolute Gasteiger partial charge is 0.385 e. The zero-order chi connectivity index (χ0) is 13.5. The Hall–Kier alpha value is -2.12. The van der Waals surface area contributed by atoms with Crippen molar-refractivity contribution in [1.29, 1.82) is 5.26 Å². The van der Waals surface area contributed by atoms with Crippen LogP contribution in [0.25, 0.3) is 0 Å². The highest BCUT2D eigenvalue weighted by molar-refractivity contribution is 5.46. The lowest BCUT2D eigenvalue weighted by Gasteiger charge is -2.28. The Kier molecular flexibility index (Phi) is 2.65. The molecule has 4 heteroatoms. The van der Waals surface area contributed by atoms with Gasteiger partial charge in [0.2, 0.25) is 0 Å². The molecule has 0 radical (unpaired) electrons. The van der Waals surface area contributed by atoms with Gasteiger partial charge in [0.15, 0.2) is 0 Å². The maximum Gasteiger partial charge on any atom is 0.118 e. The smallest absolute Gasteiger partial charge is 0.118 e. The maximum atomic E-state index is 10.7. The van der Waals surface area contributed by atoms with Crippen LogP contribution in [0.3, 0.4) is 0 Å². The van der Waals surface area contributed by atoms with Gasteiger partial charge in [-0.2, -0.15) is 10.4 Å². The second kappa shape index (κ2) is 4.22. The molecule has 2 unspecified atom stereocenters. The second-order valence-corrected chi connectivity index (χ2v) is 5.02. The molecule has 1 aliphatic rings. The topological polar surface area (TPSA) is 61.8 Å². The fourth-order valence-corrected chi connectivity index (χ4v) is 3.01. The Labute approximate surface area is 111 Å². The highest BCUT2D eigenvalue weighted by Crippen LogP contribution is 2.46. The van der Waals surface area contributed by atoms with Crippen molar-refractivity contribution >= 4 is 0 Å². The number of aryl methyl sites for hydroxylation is 2. The standard InChI is InChI=1S/C15H15N3O/c1-18-13(7-9-17-18)14(19)15(10-16)8-6-11-4-2-3-5-12(11)15/h2-5,7,9,14,19H,6,8H2,1H3. The van der Waals surface area contributed by atoms with E-state index in [0.29, 0.717) is 12.1 Å². The minimum absolute atomic E-state index is 0.648. The van der Waals surface area contributed by atoms with E-state index in [2.05, 4.69) is 11.2 Å². The average Bonchev–Trinajstić information content (AvgIpc) is 3.02. The number of aromatic nitrogens is 2. The minimum Gasteiger partial charge on any atom is -0.385 e. The molecule has 0 saturated carbocycles. The van der Waals surface area contributed by atoms with Crippen molar-refractivity contribution in [2.75, 3.05) is 0 Å². The molecule has 1 aliphatic carbocycles. The Balaban J connectivity index is 2.12. The summed E-state index contributed by atoms with van der Waals surface area (Å²) in [6.07, 6.45) is 2.27. The first-order valence-electron chi connectivity index (χ1n) is 6.34. The first-order chi connectivity index (χ1) is 9.19. The molecule has 1 N–H and O–H groups in total. The molecular weight excluding hydrogens is 238 g/mol. The maximum absolute atomic E-state index is 10.7. The predicted octanol–water partition coefficient (Wildman–Crippen LogP) is 1.86. The van der Waals surface area contributed by atoms with Crippen LogP contribution >= 0.6 is 0 Å². The number of benzene rings is 1. The Bertz CT molecular complexity index is 655. The van der Waals surface area contributed by atoms with Crippen molar-refractivity contribution in [2.45, 2.75) is 24.4 Å². The average molecular weight is 253 g/mol. The van der Waals surface area contributed by atoms with Gasteiger partial charge in [-0.15, -0.1) is 0 Å². The predicted molar refractivity (Wildman–Crippen MR) is 70.2 cm³/mol. The van der Waals surface area contributed by atoms with Crippen molar-refractivity contribution in [3.8, 4) is 6.07 Å². The van der Waals surface area contributed by atoms with Crippen LogP contribution in [0.1, 0.15) is 29.3 Å². The summed E-state index contributed by atoms with van der Waals surface area (Å²) in [7, 11) is 1.78. The van der Waals surface area contributed by atoms with Gasteiger partial charge in [-0.3, -0.25) is 4.68 Å². The number of aliphatic hydroxyl groups excluding tert-OH is 1. The van der Waals surface area contributed by atoms with E-state index in [1.165, 1.54) is 0 Å². The molecule has 1 heterocycles. The lowest BCUT2D eigenvalue weighted by atomic mass is 9.77. The third kappa shape index (κ3) is 1.59. The van der Waals surface area contributed by atoms with Crippen LogP contribution in [-0.4, -0.2) is 14.9 Å². The number of fused-ring (bicyclic) bond motifs is 1. The van der Waals surface area contributed by atoms with Crippen molar-refractivity contribution in [1.82, 2.24) is 9.78 Å². The van der Waals surface area contributed by atoms with Crippen molar-refractivity contribution in [3.05, 3.63) is 53.3 Å². The number of hydrogen-bond donors (Lipinski definition) is 1. The van der Waals surface area contributed by atoms with Crippen molar-refractivity contribution in [3.63, 3.8) is 0 Å². The van der Waals surface area contributed by atoms with Gasteiger partial charge in [-0.05, 0) is 30.0 Å². The molecule has 0 bridgehead atoms. The molecule has 0 saturated heterocycles. The van der Waals surface area contributed by atoms with E-state index in [0.717, 1.165) is 17.5 Å². The molecule has 0 fully saturated rings. The van der Waals surface area contributed by atoms with Gasteiger partial charge in [0, 0.05) is 13.2 Å². The first kappa shape index (κ1) is 11.9. The lowest BCUT2D eigenvalue weighted by molar-refractivity contribution is 0.102. The summed E-state index contributed by atoms with van der Waals surface area (Å²) in [5, 5.41) is 24.5. The van der Waals surface area contributed by atoms with E-state index in [-0.39, 0.29) is 0 Å². The molecule has 0 amide bonds. The highest BCUT2D eigenvalue weighted by atomic mass is 16.3. The van der Waals surface area contributed by atoms with E-state index in [1.807, 2.05) is 24.3 Å². The van der Waals surface area contributed by atoms with Gasteiger partial charge in [0.25, 0.3) is 0 Å². The van der Waals surface area contributed by atoms with Gasteiger partial charge in [-0.1, -0.05) is 24.3 Å². The lowest BCUT2D eigenvalue weighted by Crippen LogP contribution is -2.31. The number of hydrogen-bond acceptors (Lipinski definition) is 3. The quantitative estimate of drug-likeness (QED) is 0.888. The zero-order valence-corrected chi connectivity index (χ0v) is 10.7. The zero-order valence-electron chi connectivity index (χ0n) is 10.7. The number of nitrogens with zero attached hydrogens (tertiary/aromatic N) is 3. The van der Waals surface area contributed by atoms with E-state index < -0.39 is 11.5 Å². The molecule has 2 aromatic rings. The van der Waals surface area contributed by atoms with Crippen LogP contribution in [0.15, 0.2) is 36.5 Å². The van der Waals surface area contributed by atoms with Gasteiger partial charge < -0.3 is 5.11 Å². The number of rotatable bonds is 2. The summed E-state index contributed by atoms with van der Waals surface area (Å²) in [5.74, 6) is 0. The van der Waals surface area contributed by atoms with Gasteiger partial charge >= 0.3 is 0 Å². The third-order valence-corrected chi connectivity index (χ3v) is 4.09. The second-order valence-electron chi connectivity index (χ2n) is 5.02. The normalized spacial score (nSPS) is 22.8. The molecule has 3 rings (SSSR count).